The van der Waals surface area contributed by atoms with Crippen molar-refractivity contribution in [3.05, 3.63) is 34.0 Å². The molecule has 0 aliphatic carbocycles. The number of piperidine rings is 1. The van der Waals surface area contributed by atoms with Gasteiger partial charge < -0.3 is 14.2 Å². The molecule has 1 aromatic rings. The van der Waals surface area contributed by atoms with Crippen LogP contribution in [0, 0.1) is 11.7 Å². The van der Waals surface area contributed by atoms with Crippen LogP contribution in [0.4, 0.5) is 9.18 Å². The summed E-state index contributed by atoms with van der Waals surface area (Å²) in [5.74, 6) is -0.487. The Hall–Kier alpha value is -1.85. The second-order valence-electron chi connectivity index (χ2n) is 7.21. The minimum atomic E-state index is -0.715. The SMILES string of the molecule is CC(C)(C)OC(=O)N1CC2CC(C1)c1ccc(F)c(=O)n1C2. The summed E-state index contributed by atoms with van der Waals surface area (Å²) in [6.45, 7) is 7.04. The minimum absolute atomic E-state index is 0.0633. The quantitative estimate of drug-likeness (QED) is 0.739. The van der Waals surface area contributed by atoms with Crippen LogP contribution in [0.3, 0.4) is 0 Å². The zero-order valence-corrected chi connectivity index (χ0v) is 13.1. The predicted octanol–water partition coefficient (Wildman–Crippen LogP) is 2.34. The molecule has 2 aliphatic rings. The number of ether oxygens (including phenoxy) is 1. The normalized spacial score (nSPS) is 23.9. The Labute approximate surface area is 128 Å². The van der Waals surface area contributed by atoms with Gasteiger partial charge in [0.15, 0.2) is 5.82 Å². The van der Waals surface area contributed by atoms with Crippen LogP contribution < -0.4 is 5.56 Å². The second-order valence-corrected chi connectivity index (χ2v) is 7.21. The summed E-state index contributed by atoms with van der Waals surface area (Å²) >= 11 is 0. The van der Waals surface area contributed by atoms with Crippen molar-refractivity contribution < 1.29 is 13.9 Å². The van der Waals surface area contributed by atoms with E-state index >= 15 is 0 Å². The molecule has 1 amide bonds. The minimum Gasteiger partial charge on any atom is -0.444 e. The van der Waals surface area contributed by atoms with Crippen LogP contribution in [-0.4, -0.2) is 34.3 Å². The third-order valence-electron chi connectivity index (χ3n) is 4.21. The molecule has 3 heterocycles. The van der Waals surface area contributed by atoms with Crippen molar-refractivity contribution in [2.45, 2.75) is 45.3 Å². The van der Waals surface area contributed by atoms with Gasteiger partial charge in [0, 0.05) is 31.2 Å². The first-order valence-corrected chi connectivity index (χ1v) is 7.62. The van der Waals surface area contributed by atoms with Crippen molar-refractivity contribution in [3.63, 3.8) is 0 Å². The van der Waals surface area contributed by atoms with E-state index in [1.165, 1.54) is 10.6 Å². The average molecular weight is 308 g/mol. The summed E-state index contributed by atoms with van der Waals surface area (Å²) in [7, 11) is 0. The smallest absolute Gasteiger partial charge is 0.410 e. The maximum absolute atomic E-state index is 13.5. The van der Waals surface area contributed by atoms with Gasteiger partial charge in [-0.3, -0.25) is 4.79 Å². The molecule has 0 aromatic carbocycles. The first-order chi connectivity index (χ1) is 10.2. The van der Waals surface area contributed by atoms with Crippen molar-refractivity contribution in [3.8, 4) is 0 Å². The summed E-state index contributed by atoms with van der Waals surface area (Å²) in [6.07, 6.45) is 0.602. The summed E-state index contributed by atoms with van der Waals surface area (Å²) in [5.41, 5.74) is -0.268. The van der Waals surface area contributed by atoms with E-state index in [2.05, 4.69) is 0 Å². The van der Waals surface area contributed by atoms with Crippen molar-refractivity contribution in [2.75, 3.05) is 13.1 Å². The van der Waals surface area contributed by atoms with Crippen molar-refractivity contribution >= 4 is 6.09 Å². The monoisotopic (exact) mass is 308 g/mol. The van der Waals surface area contributed by atoms with Crippen LogP contribution in [-0.2, 0) is 11.3 Å². The highest BCUT2D eigenvalue weighted by atomic mass is 19.1. The number of hydrogen-bond acceptors (Lipinski definition) is 3. The van der Waals surface area contributed by atoms with Gasteiger partial charge in [-0.05, 0) is 45.2 Å². The largest absolute Gasteiger partial charge is 0.444 e. The number of pyridine rings is 1. The molecular weight excluding hydrogens is 287 g/mol. The number of aromatic nitrogens is 1. The van der Waals surface area contributed by atoms with Gasteiger partial charge >= 0.3 is 6.09 Å². The molecule has 2 atom stereocenters. The van der Waals surface area contributed by atoms with Crippen LogP contribution in [0.2, 0.25) is 0 Å². The van der Waals surface area contributed by atoms with Gasteiger partial charge in [0.2, 0.25) is 0 Å². The highest BCUT2D eigenvalue weighted by Gasteiger charge is 2.38. The lowest BCUT2D eigenvalue weighted by atomic mass is 9.83. The molecule has 1 aromatic heterocycles. The lowest BCUT2D eigenvalue weighted by molar-refractivity contribution is 0.0101. The number of amides is 1. The molecule has 3 rings (SSSR count). The number of rotatable bonds is 0. The topological polar surface area (TPSA) is 51.5 Å². The first kappa shape index (κ1) is 15.1. The lowest BCUT2D eigenvalue weighted by Gasteiger charge is -2.42. The predicted molar refractivity (Wildman–Crippen MR) is 79.3 cm³/mol. The second kappa shape index (κ2) is 5.11. The van der Waals surface area contributed by atoms with E-state index in [0.717, 1.165) is 12.1 Å². The van der Waals surface area contributed by atoms with E-state index in [-0.39, 0.29) is 17.9 Å². The van der Waals surface area contributed by atoms with Gasteiger partial charge in [0.1, 0.15) is 5.60 Å². The highest BCUT2D eigenvalue weighted by Crippen LogP contribution is 2.35. The fourth-order valence-corrected chi connectivity index (χ4v) is 3.39. The number of hydrogen-bond donors (Lipinski definition) is 0. The van der Waals surface area contributed by atoms with E-state index in [9.17, 15) is 14.0 Å². The number of likely N-dealkylation sites (tertiary alicyclic amines) is 1. The lowest BCUT2D eigenvalue weighted by Crippen LogP contribution is -2.50. The van der Waals surface area contributed by atoms with Gasteiger partial charge in [0.25, 0.3) is 5.56 Å². The Kier molecular flexibility index (Phi) is 3.50. The standard InChI is InChI=1S/C16H21FN2O3/c1-16(2,3)22-15(21)18-7-10-6-11(9-18)13-5-4-12(17)14(20)19(13)8-10/h4-5,10-11H,6-9H2,1-3H3. The summed E-state index contributed by atoms with van der Waals surface area (Å²) in [5, 5.41) is 0. The third kappa shape index (κ3) is 2.74. The average Bonchev–Trinajstić information content (AvgIpc) is 2.41. The van der Waals surface area contributed by atoms with E-state index < -0.39 is 17.0 Å². The molecule has 2 bridgehead atoms. The Morgan fingerprint density at radius 1 is 1.27 bits per heavy atom. The zero-order valence-electron chi connectivity index (χ0n) is 13.1. The Morgan fingerprint density at radius 2 is 2.00 bits per heavy atom. The zero-order chi connectivity index (χ0) is 16.1. The number of nitrogens with zero attached hydrogens (tertiary/aromatic N) is 2. The van der Waals surface area contributed by atoms with E-state index in [4.69, 9.17) is 4.74 Å². The molecule has 1 fully saturated rings. The van der Waals surface area contributed by atoms with Gasteiger partial charge in [0.05, 0.1) is 0 Å². The van der Waals surface area contributed by atoms with Crippen molar-refractivity contribution in [2.24, 2.45) is 5.92 Å². The summed E-state index contributed by atoms with van der Waals surface area (Å²) in [6, 6.07) is 2.89. The summed E-state index contributed by atoms with van der Waals surface area (Å²) in [4.78, 5) is 25.9. The summed E-state index contributed by atoms with van der Waals surface area (Å²) < 4.78 is 20.4. The van der Waals surface area contributed by atoms with Gasteiger partial charge in [-0.25, -0.2) is 9.18 Å². The molecule has 2 aliphatic heterocycles. The Balaban J connectivity index is 1.84. The van der Waals surface area contributed by atoms with E-state index in [1.807, 2.05) is 20.8 Å². The third-order valence-corrected chi connectivity index (χ3v) is 4.21. The van der Waals surface area contributed by atoms with Crippen LogP contribution in [0.15, 0.2) is 16.9 Å². The van der Waals surface area contributed by atoms with E-state index in [1.54, 1.807) is 11.0 Å². The molecule has 0 radical (unpaired) electrons. The molecule has 1 saturated heterocycles. The molecule has 5 nitrogen and oxygen atoms in total. The van der Waals surface area contributed by atoms with Crippen molar-refractivity contribution in [1.29, 1.82) is 0 Å². The number of fused-ring (bicyclic) bond motifs is 4. The molecule has 0 N–H and O–H groups in total. The maximum Gasteiger partial charge on any atom is 0.410 e. The fourth-order valence-electron chi connectivity index (χ4n) is 3.39. The van der Waals surface area contributed by atoms with Gasteiger partial charge in [-0.1, -0.05) is 0 Å². The van der Waals surface area contributed by atoms with Crippen LogP contribution in [0.25, 0.3) is 0 Å². The maximum atomic E-state index is 13.5. The first-order valence-electron chi connectivity index (χ1n) is 7.62. The fraction of sp³-hybridized carbons (Fsp3) is 0.625. The number of halogens is 1. The molecular formula is C16H21FN2O3. The van der Waals surface area contributed by atoms with E-state index in [0.29, 0.717) is 19.6 Å². The van der Waals surface area contributed by atoms with Crippen LogP contribution in [0.1, 0.15) is 38.8 Å². The number of carbonyl (C=O) groups is 1. The molecule has 2 unspecified atom stereocenters. The molecule has 6 heteroatoms. The Morgan fingerprint density at radius 3 is 2.68 bits per heavy atom. The van der Waals surface area contributed by atoms with Crippen molar-refractivity contribution in [1.82, 2.24) is 9.47 Å². The molecule has 0 spiro atoms. The van der Waals surface area contributed by atoms with Gasteiger partial charge in [-0.2, -0.15) is 0 Å². The highest BCUT2D eigenvalue weighted by molar-refractivity contribution is 5.68. The molecule has 120 valence electrons. The number of carbonyl (C=O) groups excluding carboxylic acids is 1. The molecule has 0 saturated carbocycles. The molecule has 22 heavy (non-hydrogen) atoms. The van der Waals surface area contributed by atoms with Gasteiger partial charge in [-0.15, -0.1) is 0 Å². The van der Waals surface area contributed by atoms with Crippen LogP contribution >= 0.6 is 0 Å². The Bertz CT molecular complexity index is 662. The van der Waals surface area contributed by atoms with Crippen LogP contribution in [0.5, 0.6) is 0 Å².